The number of aromatic nitrogens is 3. The molecule has 1 aromatic carbocycles. The highest BCUT2D eigenvalue weighted by Crippen LogP contribution is 2.23. The van der Waals surface area contributed by atoms with Gasteiger partial charge in [-0.1, -0.05) is 30.7 Å². The molecule has 1 unspecified atom stereocenters. The van der Waals surface area contributed by atoms with Crippen LogP contribution >= 0.6 is 11.6 Å². The Kier molecular flexibility index (Phi) is 4.17. The zero-order valence-electron chi connectivity index (χ0n) is 10.9. The van der Waals surface area contributed by atoms with Crippen molar-refractivity contribution >= 4 is 11.6 Å². The van der Waals surface area contributed by atoms with Crippen LogP contribution < -0.4 is 5.73 Å². The van der Waals surface area contributed by atoms with Gasteiger partial charge < -0.3 is 5.73 Å². The van der Waals surface area contributed by atoms with Crippen molar-refractivity contribution < 1.29 is 4.39 Å². The second kappa shape index (κ2) is 5.67. The van der Waals surface area contributed by atoms with Crippen LogP contribution in [0, 0.1) is 5.82 Å². The minimum atomic E-state index is -0.450. The molecular formula is C13H16ClFN4. The summed E-state index contributed by atoms with van der Waals surface area (Å²) >= 11 is 5.79. The smallest absolute Gasteiger partial charge is 0.141 e. The predicted molar refractivity (Wildman–Crippen MR) is 72.9 cm³/mol. The van der Waals surface area contributed by atoms with Crippen LogP contribution in [-0.4, -0.2) is 15.0 Å². The van der Waals surface area contributed by atoms with E-state index in [4.69, 9.17) is 17.3 Å². The maximum atomic E-state index is 13.2. The lowest BCUT2D eigenvalue weighted by atomic mass is 10.1. The van der Waals surface area contributed by atoms with Gasteiger partial charge in [-0.3, -0.25) is 0 Å². The van der Waals surface area contributed by atoms with E-state index in [1.165, 1.54) is 12.1 Å². The summed E-state index contributed by atoms with van der Waals surface area (Å²) in [6.07, 6.45) is 1.53. The van der Waals surface area contributed by atoms with Gasteiger partial charge in [0, 0.05) is 0 Å². The van der Waals surface area contributed by atoms with Gasteiger partial charge in [0.2, 0.25) is 0 Å². The van der Waals surface area contributed by atoms with Crippen LogP contribution in [0.4, 0.5) is 4.39 Å². The number of benzene rings is 1. The number of halogens is 2. The summed E-state index contributed by atoms with van der Waals surface area (Å²) < 4.78 is 14.9. The van der Waals surface area contributed by atoms with Crippen molar-refractivity contribution in [1.82, 2.24) is 15.0 Å². The first-order valence-electron chi connectivity index (χ1n) is 6.23. The molecule has 2 rings (SSSR count). The Morgan fingerprint density at radius 2 is 2.16 bits per heavy atom. The first-order chi connectivity index (χ1) is 9.08. The van der Waals surface area contributed by atoms with Crippen molar-refractivity contribution in [3.63, 3.8) is 0 Å². The van der Waals surface area contributed by atoms with E-state index in [0.29, 0.717) is 5.69 Å². The maximum absolute atomic E-state index is 13.2. The van der Waals surface area contributed by atoms with E-state index in [9.17, 15) is 4.39 Å². The van der Waals surface area contributed by atoms with Crippen LogP contribution in [0.25, 0.3) is 5.69 Å². The van der Waals surface area contributed by atoms with Crippen LogP contribution in [-0.2, 0) is 6.42 Å². The highest BCUT2D eigenvalue weighted by atomic mass is 35.5. The summed E-state index contributed by atoms with van der Waals surface area (Å²) in [7, 11) is 0. The molecule has 19 heavy (non-hydrogen) atoms. The van der Waals surface area contributed by atoms with Gasteiger partial charge in [0.1, 0.15) is 11.5 Å². The second-order valence-electron chi connectivity index (χ2n) is 4.30. The summed E-state index contributed by atoms with van der Waals surface area (Å²) in [5, 5.41) is 8.31. The van der Waals surface area contributed by atoms with Gasteiger partial charge in [-0.25, -0.2) is 9.07 Å². The van der Waals surface area contributed by atoms with E-state index in [-0.39, 0.29) is 11.1 Å². The fourth-order valence-electron chi connectivity index (χ4n) is 1.95. The average molecular weight is 283 g/mol. The number of hydrogen-bond acceptors (Lipinski definition) is 3. The SMILES string of the molecule is CCc1c(C(N)CC)nnn1-c1ccc(F)c(Cl)c1. The summed E-state index contributed by atoms with van der Waals surface area (Å²) in [5.41, 5.74) is 8.41. The van der Waals surface area contributed by atoms with Crippen LogP contribution in [0.15, 0.2) is 18.2 Å². The fourth-order valence-corrected chi connectivity index (χ4v) is 2.12. The zero-order chi connectivity index (χ0) is 14.0. The lowest BCUT2D eigenvalue weighted by Crippen LogP contribution is -2.12. The van der Waals surface area contributed by atoms with Crippen molar-refractivity contribution in [3.8, 4) is 5.69 Å². The number of nitrogens with two attached hydrogens (primary N) is 1. The normalized spacial score (nSPS) is 12.7. The van der Waals surface area contributed by atoms with Gasteiger partial charge in [-0.2, -0.15) is 0 Å². The van der Waals surface area contributed by atoms with E-state index in [1.54, 1.807) is 10.7 Å². The van der Waals surface area contributed by atoms with Crippen molar-refractivity contribution in [3.05, 3.63) is 40.4 Å². The molecule has 2 N–H and O–H groups in total. The van der Waals surface area contributed by atoms with Crippen molar-refractivity contribution in [2.24, 2.45) is 5.73 Å². The van der Waals surface area contributed by atoms with Gasteiger partial charge in [-0.15, -0.1) is 5.10 Å². The Hall–Kier alpha value is -1.46. The average Bonchev–Trinajstić information content (AvgIpc) is 2.84. The molecule has 0 bridgehead atoms. The van der Waals surface area contributed by atoms with Gasteiger partial charge in [-0.05, 0) is 31.0 Å². The van der Waals surface area contributed by atoms with Crippen LogP contribution in [0.2, 0.25) is 5.02 Å². The minimum absolute atomic E-state index is 0.0661. The Bertz CT molecular complexity index is 582. The topological polar surface area (TPSA) is 56.7 Å². The third kappa shape index (κ3) is 2.62. The molecule has 1 aromatic heterocycles. The monoisotopic (exact) mass is 282 g/mol. The van der Waals surface area contributed by atoms with Crippen molar-refractivity contribution in [2.75, 3.05) is 0 Å². The van der Waals surface area contributed by atoms with Crippen molar-refractivity contribution in [1.29, 1.82) is 0 Å². The molecule has 0 aliphatic rings. The molecule has 0 saturated carbocycles. The van der Waals surface area contributed by atoms with Crippen LogP contribution in [0.1, 0.15) is 37.7 Å². The highest BCUT2D eigenvalue weighted by Gasteiger charge is 2.17. The largest absolute Gasteiger partial charge is 0.323 e. The molecular weight excluding hydrogens is 267 g/mol. The molecule has 0 radical (unpaired) electrons. The Morgan fingerprint density at radius 3 is 2.74 bits per heavy atom. The summed E-state index contributed by atoms with van der Waals surface area (Å²) in [4.78, 5) is 0. The third-order valence-corrected chi connectivity index (χ3v) is 3.36. The van der Waals surface area contributed by atoms with Crippen LogP contribution in [0.5, 0.6) is 0 Å². The first kappa shape index (κ1) is 14.0. The molecule has 1 heterocycles. The van der Waals surface area contributed by atoms with E-state index >= 15 is 0 Å². The predicted octanol–water partition coefficient (Wildman–Crippen LogP) is 3.03. The quantitative estimate of drug-likeness (QED) is 0.938. The molecule has 2 aromatic rings. The van der Waals surface area contributed by atoms with Gasteiger partial charge >= 0.3 is 0 Å². The maximum Gasteiger partial charge on any atom is 0.141 e. The molecule has 102 valence electrons. The fraction of sp³-hybridized carbons (Fsp3) is 0.385. The van der Waals surface area contributed by atoms with E-state index in [1.807, 2.05) is 13.8 Å². The molecule has 6 heteroatoms. The van der Waals surface area contributed by atoms with Gasteiger partial charge in [0.15, 0.2) is 0 Å². The molecule has 0 aliphatic heterocycles. The lowest BCUT2D eigenvalue weighted by molar-refractivity contribution is 0.627. The molecule has 4 nitrogen and oxygen atoms in total. The molecule has 0 aliphatic carbocycles. The van der Waals surface area contributed by atoms with Crippen molar-refractivity contribution in [2.45, 2.75) is 32.7 Å². The third-order valence-electron chi connectivity index (χ3n) is 3.07. The Labute approximate surface area is 116 Å². The lowest BCUT2D eigenvalue weighted by Gasteiger charge is -2.09. The first-order valence-corrected chi connectivity index (χ1v) is 6.61. The number of nitrogens with zero attached hydrogens (tertiary/aromatic N) is 3. The minimum Gasteiger partial charge on any atom is -0.323 e. The Balaban J connectivity index is 2.50. The zero-order valence-corrected chi connectivity index (χ0v) is 11.7. The Morgan fingerprint density at radius 1 is 1.42 bits per heavy atom. The van der Waals surface area contributed by atoms with Crippen LogP contribution in [0.3, 0.4) is 0 Å². The highest BCUT2D eigenvalue weighted by molar-refractivity contribution is 6.30. The molecule has 0 amide bonds. The van der Waals surface area contributed by atoms with E-state index < -0.39 is 5.82 Å². The summed E-state index contributed by atoms with van der Waals surface area (Å²) in [6, 6.07) is 4.33. The number of rotatable bonds is 4. The standard InChI is InChI=1S/C13H16ClFN4/c1-3-11(16)13-12(4-2)19(18-17-13)8-5-6-10(15)9(14)7-8/h5-7,11H,3-4,16H2,1-2H3. The molecule has 0 saturated heterocycles. The molecule has 1 atom stereocenters. The summed E-state index contributed by atoms with van der Waals surface area (Å²) in [6.45, 7) is 4.00. The van der Waals surface area contributed by atoms with Gasteiger partial charge in [0.25, 0.3) is 0 Å². The van der Waals surface area contributed by atoms with E-state index in [2.05, 4.69) is 10.3 Å². The van der Waals surface area contributed by atoms with Gasteiger partial charge in [0.05, 0.1) is 22.4 Å². The molecule has 0 fully saturated rings. The number of hydrogen-bond donors (Lipinski definition) is 1. The summed E-state index contributed by atoms with van der Waals surface area (Å²) in [5.74, 6) is -0.450. The second-order valence-corrected chi connectivity index (χ2v) is 4.71. The van der Waals surface area contributed by atoms with E-state index in [0.717, 1.165) is 24.2 Å². The molecule has 0 spiro atoms.